The van der Waals surface area contributed by atoms with Crippen LogP contribution in [0.1, 0.15) is 36.4 Å². The SMILES string of the molecule is CCc1cc(C(C)NC(=O)CSc2nnc(C)s2)on1. The number of rotatable bonds is 6. The van der Waals surface area contributed by atoms with E-state index < -0.39 is 0 Å². The predicted octanol–water partition coefficient (Wildman–Crippen LogP) is 2.37. The number of aromatic nitrogens is 3. The van der Waals surface area contributed by atoms with Gasteiger partial charge < -0.3 is 9.84 Å². The lowest BCUT2D eigenvalue weighted by Gasteiger charge is -2.09. The van der Waals surface area contributed by atoms with Gasteiger partial charge in [0.05, 0.1) is 17.5 Å². The lowest BCUT2D eigenvalue weighted by Crippen LogP contribution is -2.27. The summed E-state index contributed by atoms with van der Waals surface area (Å²) in [5.74, 6) is 0.921. The van der Waals surface area contributed by atoms with Crippen molar-refractivity contribution in [2.45, 2.75) is 37.6 Å². The van der Waals surface area contributed by atoms with Crippen LogP contribution in [0.2, 0.25) is 0 Å². The summed E-state index contributed by atoms with van der Waals surface area (Å²) in [6.07, 6.45) is 0.816. The van der Waals surface area contributed by atoms with Crippen LogP contribution in [0.25, 0.3) is 0 Å². The normalized spacial score (nSPS) is 12.3. The number of carbonyl (C=O) groups excluding carboxylic acids is 1. The van der Waals surface area contributed by atoms with Gasteiger partial charge in [-0.3, -0.25) is 4.79 Å². The first-order chi connectivity index (χ1) is 9.58. The fourth-order valence-electron chi connectivity index (χ4n) is 1.52. The zero-order valence-corrected chi connectivity index (χ0v) is 13.2. The average Bonchev–Trinajstić information content (AvgIpc) is 3.05. The summed E-state index contributed by atoms with van der Waals surface area (Å²) >= 11 is 2.87. The summed E-state index contributed by atoms with van der Waals surface area (Å²) in [5.41, 5.74) is 0.889. The van der Waals surface area contributed by atoms with E-state index in [2.05, 4.69) is 20.7 Å². The zero-order valence-electron chi connectivity index (χ0n) is 11.5. The molecule has 0 aliphatic heterocycles. The van der Waals surface area contributed by atoms with Crippen LogP contribution in [0.5, 0.6) is 0 Å². The predicted molar refractivity (Wildman–Crippen MR) is 77.8 cm³/mol. The molecule has 0 aliphatic carbocycles. The first kappa shape index (κ1) is 15.0. The first-order valence-corrected chi connectivity index (χ1v) is 8.06. The average molecular weight is 312 g/mol. The van der Waals surface area contributed by atoms with Crippen molar-refractivity contribution in [3.63, 3.8) is 0 Å². The first-order valence-electron chi connectivity index (χ1n) is 6.26. The maximum Gasteiger partial charge on any atom is 0.231 e. The summed E-state index contributed by atoms with van der Waals surface area (Å²) in [6, 6.07) is 1.68. The van der Waals surface area contributed by atoms with Crippen LogP contribution in [0, 0.1) is 6.92 Å². The Kier molecular flexibility index (Phi) is 5.13. The third-order valence-corrected chi connectivity index (χ3v) is 4.55. The van der Waals surface area contributed by atoms with E-state index in [0.717, 1.165) is 21.5 Å². The molecule has 2 aromatic rings. The highest BCUT2D eigenvalue weighted by Crippen LogP contribution is 2.22. The minimum atomic E-state index is -0.188. The van der Waals surface area contributed by atoms with Gasteiger partial charge in [0.15, 0.2) is 10.1 Å². The molecule has 0 saturated carbocycles. The van der Waals surface area contributed by atoms with Crippen molar-refractivity contribution in [2.75, 3.05) is 5.75 Å². The number of thioether (sulfide) groups is 1. The number of hydrogen-bond donors (Lipinski definition) is 1. The zero-order chi connectivity index (χ0) is 14.5. The Hall–Kier alpha value is -1.41. The summed E-state index contributed by atoms with van der Waals surface area (Å²) in [4.78, 5) is 11.8. The van der Waals surface area contributed by atoms with Gasteiger partial charge in [-0.05, 0) is 20.3 Å². The summed E-state index contributed by atoms with van der Waals surface area (Å²) < 4.78 is 6.00. The largest absolute Gasteiger partial charge is 0.359 e. The van der Waals surface area contributed by atoms with E-state index in [1.165, 1.54) is 23.1 Å². The van der Waals surface area contributed by atoms with Gasteiger partial charge in [-0.1, -0.05) is 35.2 Å². The van der Waals surface area contributed by atoms with Crippen molar-refractivity contribution >= 4 is 29.0 Å². The van der Waals surface area contributed by atoms with Gasteiger partial charge in [0.25, 0.3) is 0 Å². The van der Waals surface area contributed by atoms with Crippen LogP contribution in [0.15, 0.2) is 14.9 Å². The third-order valence-electron chi connectivity index (χ3n) is 2.58. The van der Waals surface area contributed by atoms with E-state index in [1.54, 1.807) is 0 Å². The second-order valence-corrected chi connectivity index (χ2v) is 6.64. The smallest absolute Gasteiger partial charge is 0.231 e. The third kappa shape index (κ3) is 4.04. The number of carbonyl (C=O) groups is 1. The van der Waals surface area contributed by atoms with Crippen LogP contribution >= 0.6 is 23.1 Å². The van der Waals surface area contributed by atoms with Crippen molar-refractivity contribution in [3.05, 3.63) is 22.5 Å². The number of aryl methyl sites for hydroxylation is 2. The molecular formula is C12H16N4O2S2. The van der Waals surface area contributed by atoms with Gasteiger partial charge in [-0.15, -0.1) is 10.2 Å². The Labute approximate surface area is 125 Å². The van der Waals surface area contributed by atoms with Crippen LogP contribution in [-0.4, -0.2) is 27.0 Å². The lowest BCUT2D eigenvalue weighted by atomic mass is 10.2. The maximum atomic E-state index is 11.8. The van der Waals surface area contributed by atoms with Gasteiger partial charge in [0, 0.05) is 6.07 Å². The highest BCUT2D eigenvalue weighted by atomic mass is 32.2. The van der Waals surface area contributed by atoms with E-state index in [1.807, 2.05) is 26.8 Å². The molecule has 1 N–H and O–H groups in total. The number of nitrogens with zero attached hydrogens (tertiary/aromatic N) is 3. The Morgan fingerprint density at radius 1 is 1.55 bits per heavy atom. The Morgan fingerprint density at radius 2 is 2.35 bits per heavy atom. The monoisotopic (exact) mass is 312 g/mol. The number of amides is 1. The molecule has 1 unspecified atom stereocenters. The van der Waals surface area contributed by atoms with Crippen molar-refractivity contribution in [1.29, 1.82) is 0 Å². The Morgan fingerprint density at radius 3 is 2.95 bits per heavy atom. The van der Waals surface area contributed by atoms with Gasteiger partial charge >= 0.3 is 0 Å². The Balaban J connectivity index is 1.81. The maximum absolute atomic E-state index is 11.8. The molecule has 20 heavy (non-hydrogen) atoms. The highest BCUT2D eigenvalue weighted by Gasteiger charge is 2.15. The molecular weight excluding hydrogens is 296 g/mol. The molecule has 1 atom stereocenters. The number of nitrogens with one attached hydrogen (secondary N) is 1. The molecule has 6 nitrogen and oxygen atoms in total. The summed E-state index contributed by atoms with van der Waals surface area (Å²) in [7, 11) is 0. The van der Waals surface area contributed by atoms with Gasteiger partial charge in [0.2, 0.25) is 5.91 Å². The Bertz CT molecular complexity index is 582. The van der Waals surface area contributed by atoms with E-state index in [0.29, 0.717) is 11.5 Å². The molecule has 0 spiro atoms. The quantitative estimate of drug-likeness (QED) is 0.825. The van der Waals surface area contributed by atoms with Gasteiger partial charge in [-0.25, -0.2) is 0 Å². The fraction of sp³-hybridized carbons (Fsp3) is 0.500. The van der Waals surface area contributed by atoms with E-state index in [-0.39, 0.29) is 11.9 Å². The second kappa shape index (κ2) is 6.85. The molecule has 108 valence electrons. The molecule has 0 fully saturated rings. The van der Waals surface area contributed by atoms with Crippen LogP contribution in [0.4, 0.5) is 0 Å². The van der Waals surface area contributed by atoms with Crippen molar-refractivity contribution in [3.8, 4) is 0 Å². The number of hydrogen-bond acceptors (Lipinski definition) is 7. The van der Waals surface area contributed by atoms with E-state index >= 15 is 0 Å². The van der Waals surface area contributed by atoms with Crippen LogP contribution < -0.4 is 5.32 Å². The van der Waals surface area contributed by atoms with Crippen LogP contribution in [-0.2, 0) is 11.2 Å². The topological polar surface area (TPSA) is 80.9 Å². The minimum Gasteiger partial charge on any atom is -0.359 e. The van der Waals surface area contributed by atoms with E-state index in [9.17, 15) is 4.79 Å². The van der Waals surface area contributed by atoms with Crippen molar-refractivity contribution in [2.24, 2.45) is 0 Å². The van der Waals surface area contributed by atoms with Crippen molar-refractivity contribution in [1.82, 2.24) is 20.7 Å². The minimum absolute atomic E-state index is 0.0650. The second-order valence-electron chi connectivity index (χ2n) is 4.24. The molecule has 2 rings (SSSR count). The molecule has 0 aromatic carbocycles. The molecule has 0 bridgehead atoms. The molecule has 0 saturated heterocycles. The fourth-order valence-corrected chi connectivity index (χ4v) is 3.14. The van der Waals surface area contributed by atoms with Gasteiger partial charge in [-0.2, -0.15) is 0 Å². The summed E-state index contributed by atoms with van der Waals surface area (Å²) in [5, 5.41) is 15.6. The van der Waals surface area contributed by atoms with Gasteiger partial charge in [0.1, 0.15) is 5.01 Å². The van der Waals surface area contributed by atoms with Crippen LogP contribution in [0.3, 0.4) is 0 Å². The molecule has 0 aliphatic rings. The molecule has 2 aromatic heterocycles. The highest BCUT2D eigenvalue weighted by molar-refractivity contribution is 8.01. The molecule has 0 radical (unpaired) electrons. The lowest BCUT2D eigenvalue weighted by molar-refractivity contribution is -0.119. The summed E-state index contributed by atoms with van der Waals surface area (Å²) in [6.45, 7) is 5.77. The molecule has 1 amide bonds. The van der Waals surface area contributed by atoms with E-state index in [4.69, 9.17) is 4.52 Å². The standard InChI is InChI=1S/C12H16N4O2S2/c1-4-9-5-10(18-16-9)7(2)13-11(17)6-19-12-15-14-8(3)20-12/h5,7H,4,6H2,1-3H3,(H,13,17). The van der Waals surface area contributed by atoms with Crippen molar-refractivity contribution < 1.29 is 9.32 Å². The molecule has 8 heteroatoms. The molecule has 2 heterocycles.